The summed E-state index contributed by atoms with van der Waals surface area (Å²) >= 11 is 1.26. The monoisotopic (exact) mass is 436 g/mol. The molecule has 0 aliphatic carbocycles. The summed E-state index contributed by atoms with van der Waals surface area (Å²) in [7, 11) is 1.60. The third-order valence-electron chi connectivity index (χ3n) is 4.50. The first-order chi connectivity index (χ1) is 15.2. The molecule has 5 rings (SSSR count). The minimum absolute atomic E-state index is 0.145. The Morgan fingerprint density at radius 3 is 3.00 bits per heavy atom. The first-order valence-electron chi connectivity index (χ1n) is 9.24. The first kappa shape index (κ1) is 19.1. The van der Waals surface area contributed by atoms with Crippen LogP contribution >= 0.6 is 11.8 Å². The van der Waals surface area contributed by atoms with E-state index in [1.165, 1.54) is 18.1 Å². The van der Waals surface area contributed by atoms with Gasteiger partial charge in [0.1, 0.15) is 17.1 Å². The van der Waals surface area contributed by atoms with Gasteiger partial charge in [-0.3, -0.25) is 4.79 Å². The van der Waals surface area contributed by atoms with Crippen LogP contribution in [0.1, 0.15) is 0 Å². The van der Waals surface area contributed by atoms with Gasteiger partial charge >= 0.3 is 0 Å². The van der Waals surface area contributed by atoms with Gasteiger partial charge < -0.3 is 19.5 Å². The van der Waals surface area contributed by atoms with Gasteiger partial charge in [0.05, 0.1) is 18.6 Å². The predicted molar refractivity (Wildman–Crippen MR) is 113 cm³/mol. The van der Waals surface area contributed by atoms with Crippen molar-refractivity contribution in [3.63, 3.8) is 0 Å². The average Bonchev–Trinajstić information content (AvgIpc) is 3.44. The Hall–Kier alpha value is -3.86. The quantitative estimate of drug-likeness (QED) is 0.360. The number of anilines is 1. The zero-order chi connectivity index (χ0) is 21.2. The zero-order valence-corrected chi connectivity index (χ0v) is 17.1. The minimum atomic E-state index is -0.184. The maximum atomic E-state index is 12.4. The molecule has 2 aromatic heterocycles. The van der Waals surface area contributed by atoms with Crippen LogP contribution in [0, 0.1) is 0 Å². The van der Waals surface area contributed by atoms with Gasteiger partial charge in [0.2, 0.25) is 12.7 Å². The summed E-state index contributed by atoms with van der Waals surface area (Å²) in [6.45, 7) is 0.183. The number of amides is 1. The van der Waals surface area contributed by atoms with E-state index in [0.717, 1.165) is 5.69 Å². The van der Waals surface area contributed by atoms with Crippen molar-refractivity contribution in [2.24, 2.45) is 0 Å². The molecule has 0 atom stereocenters. The average molecular weight is 436 g/mol. The molecule has 156 valence electrons. The van der Waals surface area contributed by atoms with Crippen LogP contribution in [0.15, 0.2) is 53.8 Å². The van der Waals surface area contributed by atoms with Crippen molar-refractivity contribution in [1.29, 1.82) is 0 Å². The normalized spacial score (nSPS) is 12.2. The lowest BCUT2D eigenvalue weighted by Gasteiger charge is -2.06. The number of nitrogens with zero attached hydrogens (tertiary/aromatic N) is 5. The molecule has 0 unspecified atom stereocenters. The molecule has 1 aliphatic heterocycles. The third kappa shape index (κ3) is 3.82. The SMILES string of the molecule is COc1cccc(-n2nnc3c(SCC(=O)Nc4ccc5c(c4)OCO5)ncnc32)c1. The number of carbonyl (C=O) groups excluding carboxylic acids is 1. The Labute approximate surface area is 180 Å². The zero-order valence-electron chi connectivity index (χ0n) is 16.3. The summed E-state index contributed by atoms with van der Waals surface area (Å²) in [5, 5.41) is 11.8. The van der Waals surface area contributed by atoms with Gasteiger partial charge in [-0.05, 0) is 24.3 Å². The molecule has 10 nitrogen and oxygen atoms in total. The highest BCUT2D eigenvalue weighted by molar-refractivity contribution is 8.00. The Kier molecular flexibility index (Phi) is 5.00. The topological polar surface area (TPSA) is 113 Å². The summed E-state index contributed by atoms with van der Waals surface area (Å²) in [4.78, 5) is 21.0. The molecule has 31 heavy (non-hydrogen) atoms. The largest absolute Gasteiger partial charge is 0.497 e. The van der Waals surface area contributed by atoms with E-state index in [9.17, 15) is 4.79 Å². The lowest BCUT2D eigenvalue weighted by molar-refractivity contribution is -0.113. The van der Waals surface area contributed by atoms with Gasteiger partial charge in [-0.2, -0.15) is 4.68 Å². The van der Waals surface area contributed by atoms with Gasteiger partial charge in [0, 0.05) is 17.8 Å². The molecule has 0 saturated heterocycles. The van der Waals surface area contributed by atoms with E-state index >= 15 is 0 Å². The number of rotatable bonds is 6. The van der Waals surface area contributed by atoms with Gasteiger partial charge in [0.15, 0.2) is 22.7 Å². The molecule has 0 fully saturated rings. The van der Waals surface area contributed by atoms with E-state index in [2.05, 4.69) is 25.6 Å². The molecule has 1 N–H and O–H groups in total. The van der Waals surface area contributed by atoms with Crippen LogP contribution in [0.3, 0.4) is 0 Å². The van der Waals surface area contributed by atoms with E-state index in [0.29, 0.717) is 39.1 Å². The number of nitrogens with one attached hydrogen (secondary N) is 1. The number of hydrogen-bond acceptors (Lipinski definition) is 9. The Morgan fingerprint density at radius 2 is 2.10 bits per heavy atom. The Morgan fingerprint density at radius 1 is 1.19 bits per heavy atom. The summed E-state index contributed by atoms with van der Waals surface area (Å²) < 4.78 is 17.5. The molecule has 2 aromatic carbocycles. The van der Waals surface area contributed by atoms with E-state index in [1.54, 1.807) is 30.0 Å². The second-order valence-electron chi connectivity index (χ2n) is 6.46. The molecular formula is C20H16N6O4S. The van der Waals surface area contributed by atoms with Crippen LogP contribution in [0.4, 0.5) is 5.69 Å². The molecule has 0 bridgehead atoms. The fourth-order valence-corrected chi connectivity index (χ4v) is 3.79. The van der Waals surface area contributed by atoms with Crippen molar-refractivity contribution in [1.82, 2.24) is 25.0 Å². The van der Waals surface area contributed by atoms with Gasteiger partial charge in [0.25, 0.3) is 0 Å². The number of fused-ring (bicyclic) bond motifs is 2. The van der Waals surface area contributed by atoms with Crippen molar-refractivity contribution < 1.29 is 19.0 Å². The summed E-state index contributed by atoms with van der Waals surface area (Å²) in [6, 6.07) is 12.7. The van der Waals surface area contributed by atoms with E-state index < -0.39 is 0 Å². The molecule has 3 heterocycles. The van der Waals surface area contributed by atoms with Crippen molar-refractivity contribution in [2.45, 2.75) is 5.03 Å². The molecule has 0 spiro atoms. The standard InChI is InChI=1S/C20H16N6O4S/c1-28-14-4-2-3-13(8-14)26-19-18(24-25-26)20(22-10-21-19)31-9-17(27)23-12-5-6-15-16(7-12)30-11-29-15/h2-8,10H,9,11H2,1H3,(H,23,27). The molecule has 1 amide bonds. The molecule has 0 radical (unpaired) electrons. The maximum absolute atomic E-state index is 12.4. The highest BCUT2D eigenvalue weighted by Gasteiger charge is 2.17. The molecule has 4 aromatic rings. The second kappa shape index (κ2) is 8.11. The summed E-state index contributed by atoms with van der Waals surface area (Å²) in [5.74, 6) is 1.93. The number of hydrogen-bond donors (Lipinski definition) is 1. The number of carbonyl (C=O) groups is 1. The van der Waals surface area contributed by atoms with E-state index in [1.807, 2.05) is 24.3 Å². The van der Waals surface area contributed by atoms with Gasteiger partial charge in [-0.15, -0.1) is 5.10 Å². The summed E-state index contributed by atoms with van der Waals surface area (Å²) in [6.07, 6.45) is 1.43. The molecule has 1 aliphatic rings. The third-order valence-corrected chi connectivity index (χ3v) is 5.48. The number of ether oxygens (including phenoxy) is 3. The van der Waals surface area contributed by atoms with E-state index in [-0.39, 0.29) is 18.5 Å². The lowest BCUT2D eigenvalue weighted by Crippen LogP contribution is -2.14. The second-order valence-corrected chi connectivity index (χ2v) is 7.42. The smallest absolute Gasteiger partial charge is 0.234 e. The van der Waals surface area contributed by atoms with E-state index in [4.69, 9.17) is 14.2 Å². The van der Waals surface area contributed by atoms with Crippen LogP contribution in [0.25, 0.3) is 16.9 Å². The minimum Gasteiger partial charge on any atom is -0.497 e. The Bertz CT molecular complexity index is 1280. The van der Waals surface area contributed by atoms with Gasteiger partial charge in [-0.1, -0.05) is 23.0 Å². The fraction of sp³-hybridized carbons (Fsp3) is 0.150. The molecule has 0 saturated carbocycles. The van der Waals surface area contributed by atoms with Crippen molar-refractivity contribution in [3.8, 4) is 22.9 Å². The lowest BCUT2D eigenvalue weighted by atomic mass is 10.3. The van der Waals surface area contributed by atoms with Gasteiger partial charge in [-0.25, -0.2) is 9.97 Å². The van der Waals surface area contributed by atoms with Crippen LogP contribution in [-0.4, -0.2) is 50.5 Å². The van der Waals surface area contributed by atoms with Crippen molar-refractivity contribution >= 4 is 34.5 Å². The number of thioether (sulfide) groups is 1. The molecule has 11 heteroatoms. The number of benzene rings is 2. The van der Waals surface area contributed by atoms with Crippen LogP contribution in [-0.2, 0) is 4.79 Å². The first-order valence-corrected chi connectivity index (χ1v) is 10.2. The van der Waals surface area contributed by atoms with Crippen LogP contribution in [0.5, 0.6) is 17.2 Å². The summed E-state index contributed by atoms with van der Waals surface area (Å²) in [5.41, 5.74) is 2.46. The maximum Gasteiger partial charge on any atom is 0.234 e. The Balaban J connectivity index is 1.31. The van der Waals surface area contributed by atoms with Crippen LogP contribution < -0.4 is 19.5 Å². The van der Waals surface area contributed by atoms with Crippen molar-refractivity contribution in [3.05, 3.63) is 48.8 Å². The van der Waals surface area contributed by atoms with Crippen LogP contribution in [0.2, 0.25) is 0 Å². The number of methoxy groups -OCH3 is 1. The predicted octanol–water partition coefficient (Wildman–Crippen LogP) is 2.68. The molecular weight excluding hydrogens is 420 g/mol. The highest BCUT2D eigenvalue weighted by Crippen LogP contribution is 2.34. The number of aromatic nitrogens is 5. The fourth-order valence-electron chi connectivity index (χ4n) is 3.06. The highest BCUT2D eigenvalue weighted by atomic mass is 32.2. The van der Waals surface area contributed by atoms with Crippen molar-refractivity contribution in [2.75, 3.05) is 25.0 Å².